The van der Waals surface area contributed by atoms with Crippen LogP contribution < -0.4 is 5.32 Å². The summed E-state index contributed by atoms with van der Waals surface area (Å²) in [5, 5.41) is 5.78. The quantitative estimate of drug-likeness (QED) is 0.585. The van der Waals surface area contributed by atoms with Gasteiger partial charge in [-0.3, -0.25) is 18.8 Å². The van der Waals surface area contributed by atoms with Gasteiger partial charge in [-0.05, 0) is 19.4 Å². The summed E-state index contributed by atoms with van der Waals surface area (Å²) >= 11 is 0. The first-order valence-electron chi connectivity index (χ1n) is 9.90. The minimum Gasteiger partial charge on any atom is -0.337 e. The molecular weight excluding hydrogens is 446 g/mol. The summed E-state index contributed by atoms with van der Waals surface area (Å²) in [5.41, 5.74) is -0.307. The van der Waals surface area contributed by atoms with Gasteiger partial charge in [-0.1, -0.05) is 0 Å². The molecular formula is C20H19F4N7O2. The third-order valence-electron chi connectivity index (χ3n) is 5.35. The Balaban J connectivity index is 1.45. The lowest BCUT2D eigenvalue weighted by atomic mass is 10.2. The molecule has 0 aromatic carbocycles. The Morgan fingerprint density at radius 3 is 2.64 bits per heavy atom. The molecule has 0 unspecified atom stereocenters. The van der Waals surface area contributed by atoms with Crippen LogP contribution in [0.25, 0.3) is 5.82 Å². The van der Waals surface area contributed by atoms with E-state index in [0.29, 0.717) is 18.5 Å². The van der Waals surface area contributed by atoms with E-state index >= 15 is 0 Å². The highest BCUT2D eigenvalue weighted by molar-refractivity contribution is 5.90. The molecule has 1 atom stereocenters. The second kappa shape index (κ2) is 8.30. The number of amides is 2. The SMILES string of the molecule is Cc1cc(C(F)(F)F)nn1CC(=O)Nc1cnc(-n2cnc([C@H]3CCC(=O)N3C)c2)c(F)c1. The number of nitrogens with zero attached hydrogens (tertiary/aromatic N) is 6. The molecule has 1 N–H and O–H groups in total. The van der Waals surface area contributed by atoms with Crippen molar-refractivity contribution in [2.24, 2.45) is 0 Å². The van der Waals surface area contributed by atoms with Crippen LogP contribution in [-0.2, 0) is 22.3 Å². The number of alkyl halides is 3. The zero-order chi connectivity index (χ0) is 23.9. The maximum Gasteiger partial charge on any atom is 0.435 e. The van der Waals surface area contributed by atoms with Crippen molar-refractivity contribution in [3.63, 3.8) is 0 Å². The van der Waals surface area contributed by atoms with Gasteiger partial charge in [0.25, 0.3) is 0 Å². The van der Waals surface area contributed by atoms with E-state index in [0.717, 1.165) is 16.8 Å². The predicted octanol–water partition coefficient (Wildman–Crippen LogP) is 2.86. The Morgan fingerprint density at radius 2 is 2.03 bits per heavy atom. The largest absolute Gasteiger partial charge is 0.435 e. The number of anilines is 1. The van der Waals surface area contributed by atoms with Crippen LogP contribution in [0.4, 0.5) is 23.2 Å². The topological polar surface area (TPSA) is 97.9 Å². The van der Waals surface area contributed by atoms with E-state index in [1.807, 2.05) is 0 Å². The molecule has 4 rings (SSSR count). The normalized spacial score (nSPS) is 16.5. The molecule has 33 heavy (non-hydrogen) atoms. The number of hydrogen-bond acceptors (Lipinski definition) is 5. The van der Waals surface area contributed by atoms with E-state index in [1.165, 1.54) is 24.0 Å². The summed E-state index contributed by atoms with van der Waals surface area (Å²) in [7, 11) is 1.68. The number of nitrogens with one attached hydrogen (secondary N) is 1. The Morgan fingerprint density at radius 1 is 1.27 bits per heavy atom. The summed E-state index contributed by atoms with van der Waals surface area (Å²) in [6.07, 6.45) is 0.609. The predicted molar refractivity (Wildman–Crippen MR) is 107 cm³/mol. The van der Waals surface area contributed by atoms with Gasteiger partial charge in [0.05, 0.1) is 23.6 Å². The van der Waals surface area contributed by atoms with Crippen LogP contribution in [-0.4, -0.2) is 48.1 Å². The molecule has 174 valence electrons. The first-order valence-corrected chi connectivity index (χ1v) is 9.90. The lowest BCUT2D eigenvalue weighted by Gasteiger charge is -2.17. The van der Waals surface area contributed by atoms with Crippen LogP contribution in [0.1, 0.15) is 36.0 Å². The van der Waals surface area contributed by atoms with Gasteiger partial charge in [0, 0.05) is 31.4 Å². The Labute approximate surface area is 185 Å². The van der Waals surface area contributed by atoms with Gasteiger partial charge in [-0.2, -0.15) is 18.3 Å². The number of carbonyl (C=O) groups is 2. The van der Waals surface area contributed by atoms with E-state index in [-0.39, 0.29) is 29.1 Å². The zero-order valence-electron chi connectivity index (χ0n) is 17.6. The third-order valence-corrected chi connectivity index (χ3v) is 5.35. The fourth-order valence-corrected chi connectivity index (χ4v) is 3.61. The number of halogens is 4. The van der Waals surface area contributed by atoms with Gasteiger partial charge in [-0.15, -0.1) is 0 Å². The van der Waals surface area contributed by atoms with Crippen molar-refractivity contribution >= 4 is 17.5 Å². The van der Waals surface area contributed by atoms with Crippen molar-refractivity contribution in [2.45, 2.75) is 38.5 Å². The van der Waals surface area contributed by atoms with Gasteiger partial charge in [0.2, 0.25) is 11.8 Å². The number of rotatable bonds is 5. The summed E-state index contributed by atoms with van der Waals surface area (Å²) in [5.74, 6) is -1.49. The molecule has 3 aromatic heterocycles. The molecule has 0 bridgehead atoms. The third kappa shape index (κ3) is 4.56. The summed E-state index contributed by atoms with van der Waals surface area (Å²) in [6.45, 7) is 0.911. The molecule has 1 aliphatic heterocycles. The molecule has 1 fully saturated rings. The molecule has 2 amide bonds. The molecule has 0 spiro atoms. The highest BCUT2D eigenvalue weighted by Crippen LogP contribution is 2.31. The van der Waals surface area contributed by atoms with E-state index in [4.69, 9.17) is 0 Å². The maximum absolute atomic E-state index is 14.7. The zero-order valence-corrected chi connectivity index (χ0v) is 17.6. The number of aryl methyl sites for hydroxylation is 1. The molecule has 1 aliphatic rings. The minimum atomic E-state index is -4.62. The van der Waals surface area contributed by atoms with Crippen molar-refractivity contribution in [3.8, 4) is 5.82 Å². The van der Waals surface area contributed by atoms with Crippen LogP contribution in [0.5, 0.6) is 0 Å². The minimum absolute atomic E-state index is 0.0129. The Hall–Kier alpha value is -3.77. The number of aromatic nitrogens is 5. The van der Waals surface area contributed by atoms with Crippen LogP contribution in [0, 0.1) is 12.7 Å². The van der Waals surface area contributed by atoms with E-state index < -0.39 is 30.1 Å². The first kappa shape index (κ1) is 22.4. The molecule has 1 saturated heterocycles. The number of imidazole rings is 1. The van der Waals surface area contributed by atoms with Crippen molar-refractivity contribution in [1.29, 1.82) is 0 Å². The average molecular weight is 465 g/mol. The van der Waals surface area contributed by atoms with Crippen molar-refractivity contribution < 1.29 is 27.2 Å². The molecule has 0 aliphatic carbocycles. The van der Waals surface area contributed by atoms with Crippen LogP contribution in [0.2, 0.25) is 0 Å². The molecule has 3 aromatic rings. The summed E-state index contributed by atoms with van der Waals surface area (Å²) < 4.78 is 55.2. The Kier molecular flexibility index (Phi) is 5.64. The van der Waals surface area contributed by atoms with Gasteiger partial charge in [0.15, 0.2) is 17.3 Å². The molecule has 0 radical (unpaired) electrons. The molecule has 9 nitrogen and oxygen atoms in total. The Bertz CT molecular complexity index is 1220. The molecule has 0 saturated carbocycles. The fourth-order valence-electron chi connectivity index (χ4n) is 3.61. The second-order valence-electron chi connectivity index (χ2n) is 7.67. The van der Waals surface area contributed by atoms with E-state index in [2.05, 4.69) is 20.4 Å². The maximum atomic E-state index is 14.7. The number of hydrogen-bond donors (Lipinski definition) is 1. The van der Waals surface area contributed by atoms with E-state index in [9.17, 15) is 27.2 Å². The summed E-state index contributed by atoms with van der Waals surface area (Å²) in [6, 6.07) is 1.69. The van der Waals surface area contributed by atoms with Gasteiger partial charge < -0.3 is 10.2 Å². The van der Waals surface area contributed by atoms with Crippen molar-refractivity contribution in [2.75, 3.05) is 12.4 Å². The van der Waals surface area contributed by atoms with Gasteiger partial charge >= 0.3 is 6.18 Å². The fraction of sp³-hybridized carbons (Fsp3) is 0.350. The van der Waals surface area contributed by atoms with Crippen LogP contribution >= 0.6 is 0 Å². The first-order chi connectivity index (χ1) is 15.5. The van der Waals surface area contributed by atoms with Gasteiger partial charge in [0.1, 0.15) is 12.9 Å². The summed E-state index contributed by atoms with van der Waals surface area (Å²) in [4.78, 5) is 33.8. The van der Waals surface area contributed by atoms with Crippen molar-refractivity contribution in [1.82, 2.24) is 29.2 Å². The van der Waals surface area contributed by atoms with Crippen molar-refractivity contribution in [3.05, 3.63) is 53.8 Å². The average Bonchev–Trinajstić information content (AvgIpc) is 3.42. The van der Waals surface area contributed by atoms with Gasteiger partial charge in [-0.25, -0.2) is 14.4 Å². The molecule has 4 heterocycles. The number of pyridine rings is 1. The lowest BCUT2D eigenvalue weighted by Crippen LogP contribution is -2.22. The van der Waals surface area contributed by atoms with Crippen LogP contribution in [0.3, 0.4) is 0 Å². The van der Waals surface area contributed by atoms with Crippen LogP contribution in [0.15, 0.2) is 30.9 Å². The number of carbonyl (C=O) groups excluding carboxylic acids is 2. The number of likely N-dealkylation sites (tertiary alicyclic amines) is 1. The second-order valence-corrected chi connectivity index (χ2v) is 7.67. The van der Waals surface area contributed by atoms with E-state index in [1.54, 1.807) is 18.1 Å². The monoisotopic (exact) mass is 465 g/mol. The molecule has 13 heteroatoms. The smallest absolute Gasteiger partial charge is 0.337 e. The lowest BCUT2D eigenvalue weighted by molar-refractivity contribution is -0.141. The highest BCUT2D eigenvalue weighted by Gasteiger charge is 2.34. The standard InChI is InChI=1S/C20H19F4N7O2/c1-11-5-16(20(22,23)24)28-31(11)9-17(32)27-12-6-13(21)19(25-7-12)30-8-14(26-10-30)15-3-4-18(33)29(15)2/h5-8,10,15H,3-4,9H2,1-2H3,(H,27,32)/t15-/m1/s1. The highest BCUT2D eigenvalue weighted by atomic mass is 19.4.